The Bertz CT molecular complexity index is 1200. The van der Waals surface area contributed by atoms with Crippen LogP contribution in [0.1, 0.15) is 16.2 Å². The van der Waals surface area contributed by atoms with E-state index in [0.29, 0.717) is 11.3 Å². The monoisotopic (exact) mass is 398 g/mol. The van der Waals surface area contributed by atoms with Crippen LogP contribution in [0.5, 0.6) is 0 Å². The first kappa shape index (κ1) is 19.4. The van der Waals surface area contributed by atoms with Gasteiger partial charge in [0, 0.05) is 24.0 Å². The lowest BCUT2D eigenvalue weighted by Crippen LogP contribution is -2.34. The topological polar surface area (TPSA) is 67.2 Å². The molecular formula is C24H22N4O2. The maximum Gasteiger partial charge on any atom is 0.254 e. The van der Waals surface area contributed by atoms with E-state index in [-0.39, 0.29) is 18.4 Å². The predicted octanol–water partition coefficient (Wildman–Crippen LogP) is 4.04. The molecule has 0 saturated heterocycles. The molecule has 0 radical (unpaired) electrons. The largest absolute Gasteiger partial charge is 0.332 e. The van der Waals surface area contributed by atoms with Gasteiger partial charge in [0.25, 0.3) is 5.91 Å². The van der Waals surface area contributed by atoms with E-state index >= 15 is 0 Å². The van der Waals surface area contributed by atoms with Crippen LogP contribution in [0.25, 0.3) is 16.7 Å². The van der Waals surface area contributed by atoms with Crippen LogP contribution in [-0.2, 0) is 4.79 Å². The van der Waals surface area contributed by atoms with Crippen LogP contribution in [0.2, 0.25) is 0 Å². The Morgan fingerprint density at radius 1 is 0.967 bits per heavy atom. The van der Waals surface area contributed by atoms with Crippen molar-refractivity contribution in [3.05, 3.63) is 90.3 Å². The summed E-state index contributed by atoms with van der Waals surface area (Å²) in [5.74, 6) is 0.366. The maximum atomic E-state index is 12.8. The number of hydrogen-bond donors (Lipinski definition) is 1. The minimum atomic E-state index is -0.248. The quantitative estimate of drug-likeness (QED) is 0.552. The molecule has 0 aliphatic rings. The van der Waals surface area contributed by atoms with Crippen molar-refractivity contribution in [1.82, 2.24) is 14.5 Å². The highest BCUT2D eigenvalue weighted by molar-refractivity contribution is 6.01. The number of benzene rings is 3. The summed E-state index contributed by atoms with van der Waals surface area (Å²) in [7, 11) is 1.62. The lowest BCUT2D eigenvalue weighted by atomic mass is 10.1. The van der Waals surface area contributed by atoms with Crippen LogP contribution in [-0.4, -0.2) is 39.9 Å². The fourth-order valence-electron chi connectivity index (χ4n) is 3.47. The van der Waals surface area contributed by atoms with E-state index < -0.39 is 0 Å². The number of likely N-dealkylation sites (N-methyl/N-ethyl adjacent to an activating group) is 1. The first-order valence-electron chi connectivity index (χ1n) is 9.68. The average molecular weight is 398 g/mol. The minimum absolute atomic E-state index is 0.0384. The van der Waals surface area contributed by atoms with Crippen molar-refractivity contribution in [3.8, 4) is 5.69 Å². The van der Waals surface area contributed by atoms with Crippen molar-refractivity contribution >= 4 is 28.5 Å². The molecule has 0 atom stereocenters. The molecule has 3 aromatic carbocycles. The van der Waals surface area contributed by atoms with Crippen LogP contribution in [0.3, 0.4) is 0 Å². The molecule has 0 aliphatic carbocycles. The molecule has 2 amide bonds. The van der Waals surface area contributed by atoms with Crippen molar-refractivity contribution in [1.29, 1.82) is 0 Å². The van der Waals surface area contributed by atoms with E-state index in [1.165, 1.54) is 4.90 Å². The molecule has 150 valence electrons. The SMILES string of the molecule is Cc1nc2cc(C(=O)N(C)CC(=O)Nc3ccccc3)ccc2n1-c1ccccc1. The fraction of sp³-hybridized carbons (Fsp3) is 0.125. The Kier molecular flexibility index (Phi) is 5.30. The van der Waals surface area contributed by atoms with Gasteiger partial charge in [0.15, 0.2) is 0 Å². The highest BCUT2D eigenvalue weighted by Gasteiger charge is 2.17. The van der Waals surface area contributed by atoms with Crippen LogP contribution in [0.15, 0.2) is 78.9 Å². The Hall–Kier alpha value is -3.93. The van der Waals surface area contributed by atoms with Crippen molar-refractivity contribution in [2.24, 2.45) is 0 Å². The van der Waals surface area contributed by atoms with Crippen molar-refractivity contribution in [2.45, 2.75) is 6.92 Å². The Balaban J connectivity index is 1.53. The zero-order valence-corrected chi connectivity index (χ0v) is 16.9. The minimum Gasteiger partial charge on any atom is -0.332 e. The number of nitrogens with zero attached hydrogens (tertiary/aromatic N) is 3. The van der Waals surface area contributed by atoms with Crippen LogP contribution >= 0.6 is 0 Å². The number of anilines is 1. The third kappa shape index (κ3) is 3.93. The summed E-state index contributed by atoms with van der Waals surface area (Å²) in [5.41, 5.74) is 3.89. The number of rotatable bonds is 5. The molecule has 6 nitrogen and oxygen atoms in total. The molecular weight excluding hydrogens is 376 g/mol. The summed E-state index contributed by atoms with van der Waals surface area (Å²) in [6.45, 7) is 1.90. The second-order valence-corrected chi connectivity index (χ2v) is 7.11. The number of para-hydroxylation sites is 2. The number of nitrogens with one attached hydrogen (secondary N) is 1. The highest BCUT2D eigenvalue weighted by atomic mass is 16.2. The molecule has 0 fully saturated rings. The smallest absolute Gasteiger partial charge is 0.254 e. The summed E-state index contributed by atoms with van der Waals surface area (Å²) in [6.07, 6.45) is 0. The third-order valence-electron chi connectivity index (χ3n) is 4.87. The third-order valence-corrected chi connectivity index (χ3v) is 4.87. The van der Waals surface area contributed by atoms with Crippen molar-refractivity contribution in [3.63, 3.8) is 0 Å². The number of hydrogen-bond acceptors (Lipinski definition) is 3. The van der Waals surface area contributed by atoms with Gasteiger partial charge in [-0.3, -0.25) is 14.2 Å². The summed E-state index contributed by atoms with van der Waals surface area (Å²) >= 11 is 0. The summed E-state index contributed by atoms with van der Waals surface area (Å²) in [4.78, 5) is 31.1. The molecule has 1 heterocycles. The Labute approximate surface area is 174 Å². The van der Waals surface area contributed by atoms with Crippen LogP contribution in [0, 0.1) is 6.92 Å². The van der Waals surface area contributed by atoms with E-state index in [9.17, 15) is 9.59 Å². The maximum absolute atomic E-state index is 12.8. The zero-order valence-electron chi connectivity index (χ0n) is 16.9. The average Bonchev–Trinajstić information content (AvgIpc) is 3.09. The first-order valence-corrected chi connectivity index (χ1v) is 9.68. The molecule has 6 heteroatoms. The highest BCUT2D eigenvalue weighted by Crippen LogP contribution is 2.22. The van der Waals surface area contributed by atoms with E-state index in [2.05, 4.69) is 14.9 Å². The molecule has 30 heavy (non-hydrogen) atoms. The van der Waals surface area contributed by atoms with Gasteiger partial charge in [-0.1, -0.05) is 36.4 Å². The molecule has 0 unspecified atom stereocenters. The van der Waals surface area contributed by atoms with E-state index in [4.69, 9.17) is 0 Å². The zero-order chi connectivity index (χ0) is 21.1. The Morgan fingerprint density at radius 2 is 1.63 bits per heavy atom. The van der Waals surface area contributed by atoms with E-state index in [0.717, 1.165) is 22.5 Å². The standard InChI is InChI=1S/C24H22N4O2/c1-17-25-21-15-18(13-14-22(21)28(17)20-11-7-4-8-12-20)24(30)27(2)16-23(29)26-19-9-5-3-6-10-19/h3-15H,16H2,1-2H3,(H,26,29). The summed E-state index contributed by atoms with van der Waals surface area (Å²) in [6, 6.07) is 24.6. The van der Waals surface area contributed by atoms with Crippen LogP contribution < -0.4 is 5.32 Å². The summed E-state index contributed by atoms with van der Waals surface area (Å²) in [5, 5.41) is 2.79. The van der Waals surface area contributed by atoms with Gasteiger partial charge in [-0.2, -0.15) is 0 Å². The predicted molar refractivity (Wildman–Crippen MR) is 118 cm³/mol. The van der Waals surface area contributed by atoms with Crippen LogP contribution in [0.4, 0.5) is 5.69 Å². The van der Waals surface area contributed by atoms with Gasteiger partial charge in [0.05, 0.1) is 17.6 Å². The van der Waals surface area contributed by atoms with Gasteiger partial charge in [-0.05, 0) is 49.4 Å². The van der Waals surface area contributed by atoms with Gasteiger partial charge in [-0.25, -0.2) is 4.98 Å². The number of aromatic nitrogens is 2. The van der Waals surface area contributed by atoms with Gasteiger partial charge in [0.2, 0.25) is 5.91 Å². The number of fused-ring (bicyclic) bond motifs is 1. The lowest BCUT2D eigenvalue weighted by molar-refractivity contribution is -0.116. The molecule has 4 aromatic rings. The molecule has 0 spiro atoms. The molecule has 0 saturated carbocycles. The van der Waals surface area contributed by atoms with Gasteiger partial charge in [0.1, 0.15) is 5.82 Å². The molecule has 1 aromatic heterocycles. The number of carbonyl (C=O) groups is 2. The number of imidazole rings is 1. The lowest BCUT2D eigenvalue weighted by Gasteiger charge is -2.17. The van der Waals surface area contributed by atoms with Crippen molar-refractivity contribution in [2.75, 3.05) is 18.9 Å². The first-order chi connectivity index (χ1) is 14.5. The number of carbonyl (C=O) groups excluding carboxylic acids is 2. The Morgan fingerprint density at radius 3 is 2.33 bits per heavy atom. The molecule has 0 aliphatic heterocycles. The molecule has 0 bridgehead atoms. The second kappa shape index (κ2) is 8.21. The van der Waals surface area contributed by atoms with Gasteiger partial charge < -0.3 is 10.2 Å². The van der Waals surface area contributed by atoms with Gasteiger partial charge in [-0.15, -0.1) is 0 Å². The number of amides is 2. The van der Waals surface area contributed by atoms with E-state index in [1.807, 2.05) is 61.5 Å². The fourth-order valence-corrected chi connectivity index (χ4v) is 3.47. The number of aryl methyl sites for hydroxylation is 1. The second-order valence-electron chi connectivity index (χ2n) is 7.11. The van der Waals surface area contributed by atoms with Crippen molar-refractivity contribution < 1.29 is 9.59 Å². The molecule has 1 N–H and O–H groups in total. The van der Waals surface area contributed by atoms with E-state index in [1.54, 1.807) is 31.3 Å². The normalized spacial score (nSPS) is 10.7. The molecule has 4 rings (SSSR count). The van der Waals surface area contributed by atoms with Gasteiger partial charge >= 0.3 is 0 Å². The summed E-state index contributed by atoms with van der Waals surface area (Å²) < 4.78 is 2.06.